The third kappa shape index (κ3) is 3.11. The average Bonchev–Trinajstić information content (AvgIpc) is 2.43. The molecule has 6 heteroatoms. The zero-order chi connectivity index (χ0) is 14.7. The van der Waals surface area contributed by atoms with E-state index in [2.05, 4.69) is 10.3 Å². The van der Waals surface area contributed by atoms with E-state index in [-0.39, 0.29) is 16.6 Å². The van der Waals surface area contributed by atoms with E-state index in [1.54, 1.807) is 31.5 Å². The molecule has 1 heterocycles. The van der Waals surface area contributed by atoms with Crippen molar-refractivity contribution in [3.05, 3.63) is 64.4 Å². The van der Waals surface area contributed by atoms with Crippen LogP contribution in [-0.2, 0) is 0 Å². The van der Waals surface area contributed by atoms with E-state index in [1.807, 2.05) is 0 Å². The van der Waals surface area contributed by atoms with Crippen LogP contribution in [0.3, 0.4) is 0 Å². The van der Waals surface area contributed by atoms with Gasteiger partial charge in [-0.25, -0.2) is 8.78 Å². The number of rotatable bonds is 3. The molecule has 2 rings (SSSR count). The number of halogens is 3. The first-order valence-electron chi connectivity index (χ1n) is 5.84. The standard InChI is InChI=1S/C14H11ClF2N2O/c1-8(9-2-4-18-5-3-9)19-14(20)10-6-12(16)13(17)7-11(10)15/h2-8H,1H3,(H,19,20)/t8-/m1/s1. The van der Waals surface area contributed by atoms with E-state index in [0.29, 0.717) is 0 Å². The van der Waals surface area contributed by atoms with Crippen molar-refractivity contribution in [3.63, 3.8) is 0 Å². The Balaban J connectivity index is 2.19. The number of pyridine rings is 1. The molecule has 20 heavy (non-hydrogen) atoms. The van der Waals surface area contributed by atoms with Gasteiger partial charge in [-0.1, -0.05) is 11.6 Å². The van der Waals surface area contributed by atoms with Gasteiger partial charge in [0, 0.05) is 12.4 Å². The minimum absolute atomic E-state index is 0.105. The second kappa shape index (κ2) is 5.96. The first-order valence-corrected chi connectivity index (χ1v) is 6.22. The maximum Gasteiger partial charge on any atom is 0.253 e. The summed E-state index contributed by atoms with van der Waals surface area (Å²) < 4.78 is 26.1. The first kappa shape index (κ1) is 14.4. The zero-order valence-corrected chi connectivity index (χ0v) is 11.3. The van der Waals surface area contributed by atoms with E-state index in [0.717, 1.165) is 17.7 Å². The maximum absolute atomic E-state index is 13.2. The Morgan fingerprint density at radius 2 is 1.85 bits per heavy atom. The summed E-state index contributed by atoms with van der Waals surface area (Å²) in [5, 5.41) is 2.52. The van der Waals surface area contributed by atoms with Crippen molar-refractivity contribution in [2.45, 2.75) is 13.0 Å². The molecule has 0 spiro atoms. The molecule has 1 atom stereocenters. The number of nitrogens with one attached hydrogen (secondary N) is 1. The first-order chi connectivity index (χ1) is 9.49. The summed E-state index contributed by atoms with van der Waals surface area (Å²) in [5.41, 5.74) is 0.735. The third-order valence-corrected chi connectivity index (χ3v) is 3.12. The van der Waals surface area contributed by atoms with Crippen molar-refractivity contribution >= 4 is 17.5 Å². The van der Waals surface area contributed by atoms with Gasteiger partial charge in [-0.15, -0.1) is 0 Å². The number of carbonyl (C=O) groups is 1. The molecular weight excluding hydrogens is 286 g/mol. The highest BCUT2D eigenvalue weighted by molar-refractivity contribution is 6.33. The van der Waals surface area contributed by atoms with Gasteiger partial charge in [-0.2, -0.15) is 0 Å². The number of benzene rings is 1. The second-order valence-electron chi connectivity index (χ2n) is 4.22. The topological polar surface area (TPSA) is 42.0 Å². The van der Waals surface area contributed by atoms with Crippen LogP contribution in [0.2, 0.25) is 5.02 Å². The normalized spacial score (nSPS) is 12.0. The monoisotopic (exact) mass is 296 g/mol. The molecule has 0 radical (unpaired) electrons. The highest BCUT2D eigenvalue weighted by atomic mass is 35.5. The molecule has 104 valence electrons. The molecule has 1 amide bonds. The summed E-state index contributed by atoms with van der Waals surface area (Å²) in [6.07, 6.45) is 3.20. The Bertz CT molecular complexity index is 635. The van der Waals surface area contributed by atoms with Gasteiger partial charge in [-0.05, 0) is 36.8 Å². The largest absolute Gasteiger partial charge is 0.345 e. The molecule has 3 nitrogen and oxygen atoms in total. The molecule has 0 aliphatic heterocycles. The van der Waals surface area contributed by atoms with Crippen LogP contribution in [-0.4, -0.2) is 10.9 Å². The fourth-order valence-electron chi connectivity index (χ4n) is 1.71. The van der Waals surface area contributed by atoms with Crippen molar-refractivity contribution < 1.29 is 13.6 Å². The smallest absolute Gasteiger partial charge is 0.253 e. The van der Waals surface area contributed by atoms with Crippen LogP contribution in [0.5, 0.6) is 0 Å². The van der Waals surface area contributed by atoms with Crippen molar-refractivity contribution in [1.82, 2.24) is 10.3 Å². The quantitative estimate of drug-likeness (QED) is 0.881. The minimum atomic E-state index is -1.11. The Labute approximate surface area is 119 Å². The lowest BCUT2D eigenvalue weighted by atomic mass is 10.1. The fraction of sp³-hybridized carbons (Fsp3) is 0.143. The van der Waals surface area contributed by atoms with E-state index < -0.39 is 17.5 Å². The van der Waals surface area contributed by atoms with Crippen LogP contribution in [0, 0.1) is 11.6 Å². The summed E-state index contributed by atoms with van der Waals surface area (Å²) in [7, 11) is 0. The van der Waals surface area contributed by atoms with Crippen LogP contribution in [0.25, 0.3) is 0 Å². The van der Waals surface area contributed by atoms with Crippen molar-refractivity contribution in [2.75, 3.05) is 0 Å². The Morgan fingerprint density at radius 3 is 2.50 bits per heavy atom. The molecule has 0 aliphatic carbocycles. The fourth-order valence-corrected chi connectivity index (χ4v) is 1.94. The Morgan fingerprint density at radius 1 is 1.25 bits per heavy atom. The van der Waals surface area contributed by atoms with Gasteiger partial charge in [0.05, 0.1) is 16.6 Å². The Kier molecular flexibility index (Phi) is 4.29. The summed E-state index contributed by atoms with van der Waals surface area (Å²) in [5.74, 6) is -2.77. The minimum Gasteiger partial charge on any atom is -0.345 e. The predicted octanol–water partition coefficient (Wildman–Crippen LogP) is 3.50. The molecule has 0 bridgehead atoms. The molecule has 0 unspecified atom stereocenters. The summed E-state index contributed by atoms with van der Waals surface area (Å²) >= 11 is 5.75. The number of amides is 1. The number of aromatic nitrogens is 1. The molecule has 1 N–H and O–H groups in total. The Hall–Kier alpha value is -2.01. The zero-order valence-electron chi connectivity index (χ0n) is 10.5. The average molecular weight is 297 g/mol. The van der Waals surface area contributed by atoms with Gasteiger partial charge >= 0.3 is 0 Å². The molecule has 0 saturated heterocycles. The SMILES string of the molecule is C[C@@H](NC(=O)c1cc(F)c(F)cc1Cl)c1ccncc1. The van der Waals surface area contributed by atoms with Crippen molar-refractivity contribution in [2.24, 2.45) is 0 Å². The molecule has 1 aromatic heterocycles. The van der Waals surface area contributed by atoms with Crippen LogP contribution in [0.4, 0.5) is 8.78 Å². The lowest BCUT2D eigenvalue weighted by molar-refractivity contribution is 0.0939. The second-order valence-corrected chi connectivity index (χ2v) is 4.63. The summed E-state index contributed by atoms with van der Waals surface area (Å²) in [6.45, 7) is 1.76. The van der Waals surface area contributed by atoms with Crippen LogP contribution in [0.15, 0.2) is 36.7 Å². The molecular formula is C14H11ClF2N2O. The van der Waals surface area contributed by atoms with Crippen LogP contribution >= 0.6 is 11.6 Å². The van der Waals surface area contributed by atoms with Crippen LogP contribution < -0.4 is 5.32 Å². The molecule has 0 saturated carbocycles. The predicted molar refractivity (Wildman–Crippen MR) is 71.5 cm³/mol. The van der Waals surface area contributed by atoms with Gasteiger partial charge in [-0.3, -0.25) is 9.78 Å². The lowest BCUT2D eigenvalue weighted by Gasteiger charge is -2.14. The highest BCUT2D eigenvalue weighted by Gasteiger charge is 2.17. The maximum atomic E-state index is 13.2. The highest BCUT2D eigenvalue weighted by Crippen LogP contribution is 2.21. The number of hydrogen-bond acceptors (Lipinski definition) is 2. The van der Waals surface area contributed by atoms with Gasteiger partial charge in [0.1, 0.15) is 0 Å². The molecule has 1 aromatic carbocycles. The summed E-state index contributed by atoms with van der Waals surface area (Å²) in [6, 6.07) is 4.75. The van der Waals surface area contributed by atoms with Crippen LogP contribution in [0.1, 0.15) is 28.9 Å². The van der Waals surface area contributed by atoms with Gasteiger partial charge in [0.25, 0.3) is 5.91 Å². The van der Waals surface area contributed by atoms with E-state index in [4.69, 9.17) is 11.6 Å². The third-order valence-electron chi connectivity index (χ3n) is 2.81. The van der Waals surface area contributed by atoms with E-state index >= 15 is 0 Å². The van der Waals surface area contributed by atoms with Gasteiger partial charge in [0.2, 0.25) is 0 Å². The molecule has 2 aromatic rings. The number of hydrogen-bond donors (Lipinski definition) is 1. The van der Waals surface area contributed by atoms with E-state index in [9.17, 15) is 13.6 Å². The number of nitrogens with zero attached hydrogens (tertiary/aromatic N) is 1. The van der Waals surface area contributed by atoms with Gasteiger partial charge < -0.3 is 5.32 Å². The number of carbonyl (C=O) groups excluding carboxylic acids is 1. The van der Waals surface area contributed by atoms with E-state index in [1.165, 1.54) is 0 Å². The lowest BCUT2D eigenvalue weighted by Crippen LogP contribution is -2.27. The van der Waals surface area contributed by atoms with Crippen molar-refractivity contribution in [1.29, 1.82) is 0 Å². The van der Waals surface area contributed by atoms with Gasteiger partial charge in [0.15, 0.2) is 11.6 Å². The van der Waals surface area contributed by atoms with Crippen molar-refractivity contribution in [3.8, 4) is 0 Å². The molecule has 0 fully saturated rings. The molecule has 0 aliphatic rings. The summed E-state index contributed by atoms with van der Waals surface area (Å²) in [4.78, 5) is 15.9.